The van der Waals surface area contributed by atoms with E-state index in [9.17, 15) is 4.79 Å². The Kier molecular flexibility index (Phi) is 7.10. The van der Waals surface area contributed by atoms with Crippen LogP contribution in [-0.4, -0.2) is 67.4 Å². The number of aryl methyl sites for hydroxylation is 1. The first-order chi connectivity index (χ1) is 14.1. The van der Waals surface area contributed by atoms with E-state index in [1.54, 1.807) is 12.0 Å². The van der Waals surface area contributed by atoms with Gasteiger partial charge < -0.3 is 24.6 Å². The predicted octanol–water partition coefficient (Wildman–Crippen LogP) is 2.73. The lowest BCUT2D eigenvalue weighted by atomic mass is 10.1. The molecule has 1 N–H and O–H groups in total. The zero-order valence-electron chi connectivity index (χ0n) is 17.4. The van der Waals surface area contributed by atoms with E-state index in [4.69, 9.17) is 9.47 Å². The maximum absolute atomic E-state index is 11.9. The molecule has 1 saturated heterocycles. The highest BCUT2D eigenvalue weighted by Crippen LogP contribution is 2.20. The number of hydrogen-bond acceptors (Lipinski definition) is 7. The van der Waals surface area contributed by atoms with E-state index in [2.05, 4.69) is 26.3 Å². The number of amides is 1. The molecule has 8 heteroatoms. The molecule has 0 spiro atoms. The van der Waals surface area contributed by atoms with Gasteiger partial charge in [-0.15, -0.1) is 0 Å². The van der Waals surface area contributed by atoms with Crippen LogP contribution in [0.4, 0.5) is 16.4 Å². The van der Waals surface area contributed by atoms with Gasteiger partial charge in [0.25, 0.3) is 0 Å². The third-order valence-electron chi connectivity index (χ3n) is 4.85. The summed E-state index contributed by atoms with van der Waals surface area (Å²) in [6.07, 6.45) is 0.588. The fourth-order valence-electron chi connectivity index (χ4n) is 3.37. The molecule has 0 atom stereocenters. The molecule has 1 fully saturated rings. The van der Waals surface area contributed by atoms with Crippen LogP contribution in [0.3, 0.4) is 0 Å². The van der Waals surface area contributed by atoms with Crippen molar-refractivity contribution >= 4 is 17.7 Å². The fraction of sp³-hybridized carbons (Fsp3) is 0.476. The van der Waals surface area contributed by atoms with Gasteiger partial charge in [0.15, 0.2) is 0 Å². The minimum Gasteiger partial charge on any atom is -0.496 e. The normalized spacial score (nSPS) is 13.9. The highest BCUT2D eigenvalue weighted by Gasteiger charge is 2.23. The molecule has 1 aliphatic heterocycles. The van der Waals surface area contributed by atoms with Gasteiger partial charge in [-0.3, -0.25) is 0 Å². The first kappa shape index (κ1) is 20.7. The summed E-state index contributed by atoms with van der Waals surface area (Å²) in [7, 11) is 1.69. The molecule has 1 aliphatic rings. The average molecular weight is 399 g/mol. The maximum Gasteiger partial charge on any atom is 0.409 e. The van der Waals surface area contributed by atoms with E-state index in [0.29, 0.717) is 19.7 Å². The molecule has 0 unspecified atom stereocenters. The predicted molar refractivity (Wildman–Crippen MR) is 113 cm³/mol. The molecule has 2 heterocycles. The number of ether oxygens (including phenoxy) is 2. The zero-order valence-corrected chi connectivity index (χ0v) is 17.4. The van der Waals surface area contributed by atoms with Crippen LogP contribution in [0.1, 0.15) is 18.3 Å². The molecule has 0 aliphatic carbocycles. The van der Waals surface area contributed by atoms with E-state index >= 15 is 0 Å². The molecule has 0 bridgehead atoms. The van der Waals surface area contributed by atoms with Gasteiger partial charge in [-0.25, -0.2) is 14.8 Å². The van der Waals surface area contributed by atoms with Crippen LogP contribution in [-0.2, 0) is 11.2 Å². The van der Waals surface area contributed by atoms with Gasteiger partial charge in [-0.1, -0.05) is 18.2 Å². The summed E-state index contributed by atoms with van der Waals surface area (Å²) in [5, 5.41) is 3.39. The van der Waals surface area contributed by atoms with E-state index < -0.39 is 0 Å². The molecule has 156 valence electrons. The van der Waals surface area contributed by atoms with E-state index in [1.165, 1.54) is 0 Å². The number of aromatic nitrogens is 2. The first-order valence-corrected chi connectivity index (χ1v) is 9.98. The highest BCUT2D eigenvalue weighted by molar-refractivity contribution is 5.68. The van der Waals surface area contributed by atoms with Crippen molar-refractivity contribution in [2.45, 2.75) is 20.3 Å². The van der Waals surface area contributed by atoms with Crippen molar-refractivity contribution in [3.63, 3.8) is 0 Å². The third-order valence-corrected chi connectivity index (χ3v) is 4.85. The van der Waals surface area contributed by atoms with Crippen LogP contribution in [0.2, 0.25) is 0 Å². The summed E-state index contributed by atoms with van der Waals surface area (Å²) >= 11 is 0. The molecule has 2 aromatic rings. The summed E-state index contributed by atoms with van der Waals surface area (Å²) in [6.45, 7) is 7.54. The number of piperazine rings is 1. The number of para-hydroxylation sites is 1. The first-order valence-electron chi connectivity index (χ1n) is 9.98. The topological polar surface area (TPSA) is 79.8 Å². The van der Waals surface area contributed by atoms with Gasteiger partial charge in [-0.05, 0) is 31.9 Å². The van der Waals surface area contributed by atoms with E-state index in [0.717, 1.165) is 54.8 Å². The average Bonchev–Trinajstić information content (AvgIpc) is 2.74. The number of benzene rings is 1. The molecule has 29 heavy (non-hydrogen) atoms. The second-order valence-corrected chi connectivity index (χ2v) is 6.82. The van der Waals surface area contributed by atoms with Crippen molar-refractivity contribution in [2.24, 2.45) is 0 Å². The van der Waals surface area contributed by atoms with Crippen molar-refractivity contribution in [3.8, 4) is 5.75 Å². The molecule has 1 aromatic heterocycles. The molecule has 3 rings (SSSR count). The number of hydrogen-bond donors (Lipinski definition) is 1. The van der Waals surface area contributed by atoms with Gasteiger partial charge in [0.05, 0.1) is 13.7 Å². The Bertz CT molecular complexity index is 822. The standard InChI is InChI=1S/C21H29N5O3/c1-4-29-21(27)26-13-11-25(12-14-26)20-15-19(23-16(2)24-20)22-10-9-17-7-5-6-8-18(17)28-3/h5-8,15H,4,9-14H2,1-3H3,(H,22,23,24). The van der Waals surface area contributed by atoms with Crippen molar-refractivity contribution in [1.29, 1.82) is 0 Å². The molecule has 1 aromatic carbocycles. The maximum atomic E-state index is 11.9. The number of nitrogens with zero attached hydrogens (tertiary/aromatic N) is 4. The SMILES string of the molecule is CCOC(=O)N1CCN(c2cc(NCCc3ccccc3OC)nc(C)n2)CC1. The van der Waals surface area contributed by atoms with Crippen molar-refractivity contribution in [3.05, 3.63) is 41.7 Å². The lowest BCUT2D eigenvalue weighted by Gasteiger charge is -2.34. The monoisotopic (exact) mass is 399 g/mol. The van der Waals surface area contributed by atoms with Crippen LogP contribution in [0.25, 0.3) is 0 Å². The molecular formula is C21H29N5O3. The summed E-state index contributed by atoms with van der Waals surface area (Å²) in [4.78, 5) is 24.9. The Balaban J connectivity index is 1.58. The number of anilines is 2. The fourth-order valence-corrected chi connectivity index (χ4v) is 3.37. The highest BCUT2D eigenvalue weighted by atomic mass is 16.6. The number of nitrogens with one attached hydrogen (secondary N) is 1. The Morgan fingerprint density at radius 1 is 1.17 bits per heavy atom. The Morgan fingerprint density at radius 2 is 1.93 bits per heavy atom. The summed E-state index contributed by atoms with van der Waals surface area (Å²) in [5.41, 5.74) is 1.16. The van der Waals surface area contributed by atoms with Crippen LogP contribution < -0.4 is 15.0 Å². The summed E-state index contributed by atoms with van der Waals surface area (Å²) < 4.78 is 10.5. The number of carbonyl (C=O) groups is 1. The van der Waals surface area contributed by atoms with Gasteiger partial charge >= 0.3 is 6.09 Å². The summed E-state index contributed by atoms with van der Waals surface area (Å²) in [5.74, 6) is 3.29. The Labute approximate surface area is 171 Å². The van der Waals surface area contributed by atoms with Crippen molar-refractivity contribution in [1.82, 2.24) is 14.9 Å². The minimum absolute atomic E-state index is 0.246. The van der Waals surface area contributed by atoms with Gasteiger partial charge in [0.2, 0.25) is 0 Å². The van der Waals surface area contributed by atoms with E-state index in [1.807, 2.05) is 38.1 Å². The van der Waals surface area contributed by atoms with Gasteiger partial charge in [0, 0.05) is 38.8 Å². The third kappa shape index (κ3) is 5.49. The van der Waals surface area contributed by atoms with Gasteiger partial charge in [0.1, 0.15) is 23.2 Å². The second kappa shape index (κ2) is 9.95. The lowest BCUT2D eigenvalue weighted by Crippen LogP contribution is -2.49. The zero-order chi connectivity index (χ0) is 20.6. The van der Waals surface area contributed by atoms with Gasteiger partial charge in [-0.2, -0.15) is 0 Å². The molecule has 1 amide bonds. The van der Waals surface area contributed by atoms with Crippen LogP contribution in [0.15, 0.2) is 30.3 Å². The van der Waals surface area contributed by atoms with E-state index in [-0.39, 0.29) is 6.09 Å². The Hall–Kier alpha value is -3.03. The van der Waals surface area contributed by atoms with Crippen LogP contribution in [0.5, 0.6) is 5.75 Å². The van der Waals surface area contributed by atoms with Crippen LogP contribution in [0, 0.1) is 6.92 Å². The number of rotatable bonds is 7. The molecule has 0 saturated carbocycles. The second-order valence-electron chi connectivity index (χ2n) is 6.82. The molecule has 0 radical (unpaired) electrons. The minimum atomic E-state index is -0.246. The Morgan fingerprint density at radius 3 is 2.66 bits per heavy atom. The summed E-state index contributed by atoms with van der Waals surface area (Å²) in [6, 6.07) is 9.99. The largest absolute Gasteiger partial charge is 0.496 e. The molecule has 8 nitrogen and oxygen atoms in total. The van der Waals surface area contributed by atoms with Crippen LogP contribution >= 0.6 is 0 Å². The lowest BCUT2D eigenvalue weighted by molar-refractivity contribution is 0.105. The number of carbonyl (C=O) groups excluding carboxylic acids is 1. The molecular weight excluding hydrogens is 370 g/mol. The number of methoxy groups -OCH3 is 1. The quantitative estimate of drug-likeness (QED) is 0.767. The van der Waals surface area contributed by atoms with Crippen molar-refractivity contribution < 1.29 is 14.3 Å². The van der Waals surface area contributed by atoms with Crippen molar-refractivity contribution in [2.75, 3.05) is 56.7 Å². The smallest absolute Gasteiger partial charge is 0.409 e.